The number of urea groups is 2. The number of amides is 10. The Morgan fingerprint density at radius 2 is 0.460 bits per heavy atom. The standard InChI is InChI=1S/C33H54N6O12.C32H56N6O11/c40-28(49-22-25-19-46-25)34-13-7-1-4-10-16-37-31(43)38(17-11-5-2-8-14-35-29(41)50-23-26-20-47-26)33(45)39(32(37)44)18-12-6-3-9-15-36-30(42)51-24-27-21-48-27;39-28(33-13-7-1-3-9-15-35-30(41)47-22-25-19-44-25)38(18-12-6-5-11-17-37-32(43)49-24-27-21-46-27)29(40)34-14-8-2-4-10-16-36-31(42)48-23-26-20-45-26/h25-27H,1-24H2,(H,34,40)(H,35,41)(H,36,42);25-27H,1-24H2,(H,33,39)(H,34,40)(H,35,41)(H,36,42)(H,37,43). The normalized spacial score (nSPS) is 18.4. The van der Waals surface area contributed by atoms with E-state index in [1.807, 2.05) is 0 Å². The number of hydrogen-bond acceptors (Lipinski definition) is 23. The summed E-state index contributed by atoms with van der Waals surface area (Å²) in [6.45, 7) is 9.90. The monoisotopic (exact) mass is 1430 g/mol. The lowest BCUT2D eigenvalue weighted by Crippen LogP contribution is -2.54. The Morgan fingerprint density at radius 3 is 0.660 bits per heavy atom. The highest BCUT2D eigenvalue weighted by molar-refractivity contribution is 5.93. The largest absolute Gasteiger partial charge is 0.447 e. The second kappa shape index (κ2) is 49.2. The molecule has 0 spiro atoms. The van der Waals surface area contributed by atoms with Crippen molar-refractivity contribution in [3.8, 4) is 0 Å². The van der Waals surface area contributed by atoms with Gasteiger partial charge in [-0.25, -0.2) is 71.3 Å². The molecule has 35 heteroatoms. The first kappa shape index (κ1) is 81.5. The van der Waals surface area contributed by atoms with E-state index in [0.29, 0.717) is 137 Å². The fourth-order valence-corrected chi connectivity index (χ4v) is 9.78. The first-order valence-corrected chi connectivity index (χ1v) is 36.1. The Kier molecular flexibility index (Phi) is 40.1. The summed E-state index contributed by atoms with van der Waals surface area (Å²) < 4.78 is 63.7. The summed E-state index contributed by atoms with van der Waals surface area (Å²) in [6.07, 6.45) is 15.3. The maximum atomic E-state index is 13.4. The molecule has 0 saturated carbocycles. The number of imide groups is 1. The molecule has 10 amide bonds. The molecule has 6 aliphatic rings. The summed E-state index contributed by atoms with van der Waals surface area (Å²) in [7, 11) is 0. The number of aromatic nitrogens is 3. The first-order chi connectivity index (χ1) is 48.7. The van der Waals surface area contributed by atoms with Crippen LogP contribution in [0.15, 0.2) is 14.4 Å². The summed E-state index contributed by atoms with van der Waals surface area (Å²) in [5.74, 6) is 0. The van der Waals surface area contributed by atoms with Gasteiger partial charge in [-0.15, -0.1) is 0 Å². The summed E-state index contributed by atoms with van der Waals surface area (Å²) >= 11 is 0. The number of unbranched alkanes of at least 4 members (excludes halogenated alkanes) is 18. The third-order valence-corrected chi connectivity index (χ3v) is 16.3. The Bertz CT molecular complexity index is 2520. The molecule has 0 bridgehead atoms. The number of nitrogens with zero attached hydrogens (tertiary/aromatic N) is 4. The van der Waals surface area contributed by atoms with Gasteiger partial charge >= 0.3 is 65.7 Å². The number of nitrogens with one attached hydrogen (secondary N) is 8. The van der Waals surface area contributed by atoms with E-state index >= 15 is 0 Å². The van der Waals surface area contributed by atoms with Crippen LogP contribution in [0.4, 0.5) is 38.4 Å². The van der Waals surface area contributed by atoms with E-state index in [9.17, 15) is 52.7 Å². The van der Waals surface area contributed by atoms with Gasteiger partial charge in [0.2, 0.25) is 0 Å². The fraction of sp³-hybridized carbons (Fsp3) is 0.831. The van der Waals surface area contributed by atoms with Crippen molar-refractivity contribution in [3.63, 3.8) is 0 Å². The van der Waals surface area contributed by atoms with Crippen molar-refractivity contribution in [2.24, 2.45) is 0 Å². The summed E-state index contributed by atoms with van der Waals surface area (Å²) in [5.41, 5.74) is -1.83. The van der Waals surface area contributed by atoms with E-state index in [1.165, 1.54) is 4.90 Å². The van der Waals surface area contributed by atoms with Gasteiger partial charge < -0.3 is 99.4 Å². The maximum Gasteiger partial charge on any atom is 0.407 e. The molecular formula is C65H110N12O23. The van der Waals surface area contributed by atoms with Gasteiger partial charge in [0.05, 0.1) is 39.6 Å². The van der Waals surface area contributed by atoms with Gasteiger partial charge in [0, 0.05) is 78.5 Å². The zero-order valence-corrected chi connectivity index (χ0v) is 58.1. The van der Waals surface area contributed by atoms with Crippen molar-refractivity contribution in [1.82, 2.24) is 61.1 Å². The van der Waals surface area contributed by atoms with Crippen molar-refractivity contribution in [2.75, 3.05) is 138 Å². The minimum atomic E-state index is -0.611. The summed E-state index contributed by atoms with van der Waals surface area (Å²) in [5, 5.41) is 21.9. The van der Waals surface area contributed by atoms with Crippen molar-refractivity contribution in [2.45, 2.75) is 210 Å². The average Bonchev–Trinajstić information content (AvgIpc) is 1.48. The predicted molar refractivity (Wildman–Crippen MR) is 358 cm³/mol. The number of epoxide rings is 6. The minimum Gasteiger partial charge on any atom is -0.447 e. The minimum absolute atomic E-state index is 0.0104. The molecule has 8 N–H and O–H groups in total. The quantitative estimate of drug-likeness (QED) is 0.0260. The molecule has 6 atom stereocenters. The van der Waals surface area contributed by atoms with Gasteiger partial charge in [-0.2, -0.15) is 0 Å². The van der Waals surface area contributed by atoms with Crippen LogP contribution in [0.3, 0.4) is 0 Å². The van der Waals surface area contributed by atoms with Crippen LogP contribution in [0.5, 0.6) is 0 Å². The lowest BCUT2D eigenvalue weighted by atomic mass is 10.2. The molecule has 7 heterocycles. The van der Waals surface area contributed by atoms with Gasteiger partial charge in [0.15, 0.2) is 0 Å². The van der Waals surface area contributed by atoms with E-state index in [0.717, 1.165) is 123 Å². The molecule has 7 rings (SSSR count). The zero-order valence-electron chi connectivity index (χ0n) is 58.1. The van der Waals surface area contributed by atoms with Crippen molar-refractivity contribution < 1.29 is 95.2 Å². The molecule has 6 unspecified atom stereocenters. The molecule has 6 saturated heterocycles. The van der Waals surface area contributed by atoms with Crippen LogP contribution in [-0.2, 0) is 76.5 Å². The third kappa shape index (κ3) is 40.1. The van der Waals surface area contributed by atoms with Crippen LogP contribution < -0.4 is 59.6 Å². The summed E-state index contributed by atoms with van der Waals surface area (Å²) in [4.78, 5) is 137. The zero-order chi connectivity index (χ0) is 71.2. The van der Waals surface area contributed by atoms with Crippen LogP contribution in [0.25, 0.3) is 0 Å². The van der Waals surface area contributed by atoms with Gasteiger partial charge in [-0.1, -0.05) is 77.0 Å². The molecular weight excluding hydrogens is 1320 g/mol. The fourth-order valence-electron chi connectivity index (χ4n) is 9.78. The Hall–Kier alpha value is -7.47. The Balaban J connectivity index is 0.000000315. The Labute approximate surface area is 583 Å². The Morgan fingerprint density at radius 1 is 0.280 bits per heavy atom. The van der Waals surface area contributed by atoms with E-state index in [-0.39, 0.29) is 102 Å². The van der Waals surface area contributed by atoms with Crippen LogP contribution in [0.1, 0.15) is 154 Å². The molecule has 100 heavy (non-hydrogen) atoms. The lowest BCUT2D eigenvalue weighted by molar-refractivity contribution is 0.135. The van der Waals surface area contributed by atoms with E-state index < -0.39 is 65.7 Å². The molecule has 0 radical (unpaired) electrons. The first-order valence-electron chi connectivity index (χ1n) is 36.1. The van der Waals surface area contributed by atoms with Crippen LogP contribution in [0, 0.1) is 0 Å². The smallest absolute Gasteiger partial charge is 0.407 e. The molecule has 35 nitrogen and oxygen atoms in total. The van der Waals surface area contributed by atoms with E-state index in [2.05, 4.69) is 42.5 Å². The number of carbonyl (C=O) groups excluding carboxylic acids is 8. The molecule has 6 aliphatic heterocycles. The second-order valence-electron chi connectivity index (χ2n) is 25.3. The maximum absolute atomic E-state index is 13.4. The number of carbonyl (C=O) groups is 8. The molecule has 1 aromatic rings. The number of alkyl carbamates (subject to hydrolysis) is 6. The molecule has 1 aromatic heterocycles. The third-order valence-electron chi connectivity index (χ3n) is 16.3. The predicted octanol–water partition coefficient (Wildman–Crippen LogP) is 3.99. The number of ether oxygens (including phenoxy) is 12. The van der Waals surface area contributed by atoms with Crippen molar-refractivity contribution >= 4 is 48.6 Å². The van der Waals surface area contributed by atoms with Gasteiger partial charge in [0.25, 0.3) is 0 Å². The average molecular weight is 1430 g/mol. The van der Waals surface area contributed by atoms with Crippen LogP contribution >= 0.6 is 0 Å². The molecule has 568 valence electrons. The highest BCUT2D eigenvalue weighted by Crippen LogP contribution is 2.14. The van der Waals surface area contributed by atoms with Crippen molar-refractivity contribution in [1.29, 1.82) is 0 Å². The van der Waals surface area contributed by atoms with Crippen LogP contribution in [0.2, 0.25) is 0 Å². The van der Waals surface area contributed by atoms with Gasteiger partial charge in [0.1, 0.15) is 76.3 Å². The molecule has 0 aromatic carbocycles. The lowest BCUT2D eigenvalue weighted by Gasteiger charge is -2.22. The molecule has 6 fully saturated rings. The summed E-state index contributed by atoms with van der Waals surface area (Å²) in [6, 6.07) is -0.867. The van der Waals surface area contributed by atoms with Crippen molar-refractivity contribution in [3.05, 3.63) is 31.5 Å². The highest BCUT2D eigenvalue weighted by atomic mass is 16.6. The van der Waals surface area contributed by atoms with E-state index in [1.54, 1.807) is 0 Å². The van der Waals surface area contributed by atoms with Crippen LogP contribution in [-0.4, -0.2) is 242 Å². The van der Waals surface area contributed by atoms with Gasteiger partial charge in [-0.3, -0.25) is 0 Å². The number of hydrogen-bond donors (Lipinski definition) is 8. The topological polar surface area (TPSA) is 433 Å². The highest BCUT2D eigenvalue weighted by Gasteiger charge is 2.29. The second-order valence-corrected chi connectivity index (χ2v) is 25.3. The van der Waals surface area contributed by atoms with Gasteiger partial charge in [-0.05, 0) is 77.0 Å². The molecule has 0 aliphatic carbocycles. The van der Waals surface area contributed by atoms with E-state index in [4.69, 9.17) is 56.8 Å². The number of rotatable bonds is 54. The SMILES string of the molecule is O=C(NCCCCCCNC(=O)N(CCCCCCNC(=O)OCC1CO1)C(=O)NCCCCCCNC(=O)OCC1CO1)OCC1CO1.O=C(NCCCCCCn1c(=O)n(CCCCCCNC(=O)OCC2CO2)c(=O)n(CCCCCCNC(=O)OCC2CO2)c1=O)OCC1CO1.